The molecule has 0 saturated carbocycles. The maximum Gasteiger partial charge on any atom is 0.406 e. The predicted molar refractivity (Wildman–Crippen MR) is 94.0 cm³/mol. The second kappa shape index (κ2) is 7.98. The van der Waals surface area contributed by atoms with Crippen LogP contribution in [0, 0.1) is 18.8 Å². The second-order valence-electron chi connectivity index (χ2n) is 6.95. The number of carbonyl (C=O) groups excluding carboxylic acids is 3. The van der Waals surface area contributed by atoms with Crippen LogP contribution in [0.4, 0.5) is 24.5 Å². The number of hydrogen-bond donors (Lipinski definition) is 2. The maximum absolute atomic E-state index is 12.5. The molecule has 1 saturated heterocycles. The van der Waals surface area contributed by atoms with Crippen LogP contribution in [-0.4, -0.2) is 41.9 Å². The minimum atomic E-state index is -4.50. The number of likely N-dealkylation sites (tertiary alicyclic amines) is 1. The van der Waals surface area contributed by atoms with Crippen molar-refractivity contribution >= 4 is 29.1 Å². The summed E-state index contributed by atoms with van der Waals surface area (Å²) >= 11 is 0. The molecule has 2 N–H and O–H groups in total. The highest BCUT2D eigenvalue weighted by atomic mass is 19.4. The van der Waals surface area contributed by atoms with Gasteiger partial charge in [-0.3, -0.25) is 14.4 Å². The van der Waals surface area contributed by atoms with Gasteiger partial charge in [0.05, 0.1) is 5.92 Å². The van der Waals surface area contributed by atoms with E-state index >= 15 is 0 Å². The first kappa shape index (κ1) is 20.7. The number of aryl methyl sites for hydroxylation is 1. The highest BCUT2D eigenvalue weighted by molar-refractivity contribution is 5.99. The van der Waals surface area contributed by atoms with Crippen LogP contribution in [0.25, 0.3) is 0 Å². The Balaban J connectivity index is 2.05. The number of hydrogen-bond acceptors (Lipinski definition) is 3. The third-order valence-electron chi connectivity index (χ3n) is 4.24. The standard InChI is InChI=1S/C18H22F3N3O3/c1-10(2)16(26)22-13-5-4-11(3)14(7-13)23-17(27)12-6-15(25)24(8-12)9-18(19,20)21/h4-5,7,10,12H,6,8-9H2,1-3H3,(H,22,26)(H,23,27). The summed E-state index contributed by atoms with van der Waals surface area (Å²) < 4.78 is 37.5. The van der Waals surface area contributed by atoms with Crippen LogP contribution in [0.15, 0.2) is 18.2 Å². The molecule has 1 aromatic carbocycles. The zero-order valence-electron chi connectivity index (χ0n) is 15.3. The molecule has 0 bridgehead atoms. The predicted octanol–water partition coefficient (Wildman–Crippen LogP) is 2.94. The van der Waals surface area contributed by atoms with Crippen molar-refractivity contribution in [3.63, 3.8) is 0 Å². The van der Waals surface area contributed by atoms with Crippen LogP contribution >= 0.6 is 0 Å². The number of amides is 3. The van der Waals surface area contributed by atoms with Gasteiger partial charge in [-0.2, -0.15) is 13.2 Å². The first-order valence-electron chi connectivity index (χ1n) is 8.53. The van der Waals surface area contributed by atoms with Crippen LogP contribution in [-0.2, 0) is 14.4 Å². The average Bonchev–Trinajstić information content (AvgIpc) is 2.89. The van der Waals surface area contributed by atoms with E-state index in [9.17, 15) is 27.6 Å². The van der Waals surface area contributed by atoms with Gasteiger partial charge < -0.3 is 15.5 Å². The number of nitrogens with one attached hydrogen (secondary N) is 2. The van der Waals surface area contributed by atoms with Gasteiger partial charge in [-0.1, -0.05) is 19.9 Å². The zero-order valence-corrected chi connectivity index (χ0v) is 15.3. The number of anilines is 2. The largest absolute Gasteiger partial charge is 0.406 e. The third-order valence-corrected chi connectivity index (χ3v) is 4.24. The molecule has 3 amide bonds. The summed E-state index contributed by atoms with van der Waals surface area (Å²) in [5, 5.41) is 5.36. The summed E-state index contributed by atoms with van der Waals surface area (Å²) in [6.45, 7) is 3.61. The molecule has 0 aromatic heterocycles. The Morgan fingerprint density at radius 1 is 1.26 bits per heavy atom. The summed E-state index contributed by atoms with van der Waals surface area (Å²) in [6.07, 6.45) is -4.76. The summed E-state index contributed by atoms with van der Waals surface area (Å²) in [4.78, 5) is 36.6. The van der Waals surface area contributed by atoms with Gasteiger partial charge in [0.1, 0.15) is 6.54 Å². The Morgan fingerprint density at radius 3 is 2.52 bits per heavy atom. The van der Waals surface area contributed by atoms with Gasteiger partial charge in [0.15, 0.2) is 0 Å². The molecule has 2 rings (SSSR count). The first-order chi connectivity index (χ1) is 12.5. The molecular weight excluding hydrogens is 363 g/mol. The van der Waals surface area contributed by atoms with E-state index in [1.807, 2.05) is 0 Å². The lowest BCUT2D eigenvalue weighted by molar-refractivity contribution is -0.157. The van der Waals surface area contributed by atoms with Crippen molar-refractivity contribution in [2.45, 2.75) is 33.4 Å². The highest BCUT2D eigenvalue weighted by Gasteiger charge is 2.40. The van der Waals surface area contributed by atoms with Gasteiger partial charge in [-0.05, 0) is 24.6 Å². The highest BCUT2D eigenvalue weighted by Crippen LogP contribution is 2.26. The average molecular weight is 385 g/mol. The fourth-order valence-corrected chi connectivity index (χ4v) is 2.67. The van der Waals surface area contributed by atoms with Crippen molar-refractivity contribution in [2.24, 2.45) is 11.8 Å². The van der Waals surface area contributed by atoms with Crippen LogP contribution in [0.3, 0.4) is 0 Å². The van der Waals surface area contributed by atoms with Gasteiger partial charge in [0.25, 0.3) is 0 Å². The summed E-state index contributed by atoms with van der Waals surface area (Å²) in [5.74, 6) is -2.47. The van der Waals surface area contributed by atoms with Gasteiger partial charge in [-0.15, -0.1) is 0 Å². The van der Waals surface area contributed by atoms with E-state index in [0.29, 0.717) is 16.3 Å². The molecule has 0 aliphatic carbocycles. The normalized spacial score (nSPS) is 17.4. The van der Waals surface area contributed by atoms with E-state index < -0.39 is 30.5 Å². The van der Waals surface area contributed by atoms with Crippen LogP contribution < -0.4 is 10.6 Å². The van der Waals surface area contributed by atoms with Gasteiger partial charge >= 0.3 is 6.18 Å². The van der Waals surface area contributed by atoms with E-state index in [1.165, 1.54) is 0 Å². The zero-order chi connectivity index (χ0) is 20.4. The van der Waals surface area contributed by atoms with Crippen molar-refractivity contribution in [3.8, 4) is 0 Å². The van der Waals surface area contributed by atoms with E-state index in [2.05, 4.69) is 10.6 Å². The summed E-state index contributed by atoms with van der Waals surface area (Å²) in [6, 6.07) is 4.98. The Kier molecular flexibility index (Phi) is 6.12. The Bertz CT molecular complexity index is 747. The Morgan fingerprint density at radius 2 is 1.93 bits per heavy atom. The molecule has 0 radical (unpaired) electrons. The second-order valence-corrected chi connectivity index (χ2v) is 6.95. The van der Waals surface area contributed by atoms with Crippen LogP contribution in [0.5, 0.6) is 0 Å². The van der Waals surface area contributed by atoms with Crippen LogP contribution in [0.2, 0.25) is 0 Å². The van der Waals surface area contributed by atoms with Gasteiger partial charge in [0, 0.05) is 30.3 Å². The fourth-order valence-electron chi connectivity index (χ4n) is 2.67. The number of rotatable bonds is 5. The van der Waals surface area contributed by atoms with E-state index in [1.54, 1.807) is 39.0 Å². The van der Waals surface area contributed by atoms with E-state index in [0.717, 1.165) is 5.56 Å². The quantitative estimate of drug-likeness (QED) is 0.818. The molecule has 0 spiro atoms. The first-order valence-corrected chi connectivity index (χ1v) is 8.53. The molecule has 1 atom stereocenters. The topological polar surface area (TPSA) is 78.5 Å². The minimum Gasteiger partial charge on any atom is -0.333 e. The molecular formula is C18H22F3N3O3. The van der Waals surface area contributed by atoms with Crippen molar-refractivity contribution in [1.29, 1.82) is 0 Å². The number of nitrogens with zero attached hydrogens (tertiary/aromatic N) is 1. The van der Waals surface area contributed by atoms with Crippen LogP contribution in [0.1, 0.15) is 25.8 Å². The fraction of sp³-hybridized carbons (Fsp3) is 0.500. The Labute approximate surface area is 155 Å². The monoisotopic (exact) mass is 385 g/mol. The molecule has 1 unspecified atom stereocenters. The summed E-state index contributed by atoms with van der Waals surface area (Å²) in [5.41, 5.74) is 1.65. The van der Waals surface area contributed by atoms with Crippen molar-refractivity contribution in [1.82, 2.24) is 4.90 Å². The molecule has 1 aliphatic heterocycles. The molecule has 9 heteroatoms. The lowest BCUT2D eigenvalue weighted by Gasteiger charge is -2.18. The number of halogens is 3. The molecule has 27 heavy (non-hydrogen) atoms. The SMILES string of the molecule is Cc1ccc(NC(=O)C(C)C)cc1NC(=O)C1CC(=O)N(CC(F)(F)F)C1. The Hall–Kier alpha value is -2.58. The van der Waals surface area contributed by atoms with Crippen molar-refractivity contribution in [2.75, 3.05) is 23.7 Å². The van der Waals surface area contributed by atoms with E-state index in [-0.39, 0.29) is 24.8 Å². The van der Waals surface area contributed by atoms with Crippen molar-refractivity contribution in [3.05, 3.63) is 23.8 Å². The van der Waals surface area contributed by atoms with Gasteiger partial charge in [-0.25, -0.2) is 0 Å². The number of carbonyl (C=O) groups is 3. The molecule has 6 nitrogen and oxygen atoms in total. The maximum atomic E-state index is 12.5. The number of alkyl halides is 3. The molecule has 1 fully saturated rings. The van der Waals surface area contributed by atoms with Crippen molar-refractivity contribution < 1.29 is 27.6 Å². The summed E-state index contributed by atoms with van der Waals surface area (Å²) in [7, 11) is 0. The minimum absolute atomic E-state index is 0.180. The third kappa shape index (κ3) is 5.70. The molecule has 1 aromatic rings. The lowest BCUT2D eigenvalue weighted by atomic mass is 10.1. The van der Waals surface area contributed by atoms with E-state index in [4.69, 9.17) is 0 Å². The molecule has 148 valence electrons. The lowest BCUT2D eigenvalue weighted by Crippen LogP contribution is -2.36. The smallest absolute Gasteiger partial charge is 0.333 e. The van der Waals surface area contributed by atoms with Gasteiger partial charge in [0.2, 0.25) is 17.7 Å². The molecule has 1 heterocycles. The number of benzene rings is 1. The molecule has 1 aliphatic rings.